The monoisotopic (exact) mass is 218 g/mol. The summed E-state index contributed by atoms with van der Waals surface area (Å²) >= 11 is 0. The number of rotatable bonds is 7. The van der Waals surface area contributed by atoms with Gasteiger partial charge >= 0.3 is 0 Å². The van der Waals surface area contributed by atoms with Crippen molar-refractivity contribution in [3.05, 3.63) is 0 Å². The summed E-state index contributed by atoms with van der Waals surface area (Å²) in [5.41, 5.74) is 0.0616. The maximum atomic E-state index is 9.74. The Bertz CT molecular complexity index is 157. The van der Waals surface area contributed by atoms with Gasteiger partial charge in [-0.2, -0.15) is 0 Å². The number of methoxy groups -OCH3 is 1. The van der Waals surface area contributed by atoms with Crippen LogP contribution in [0.5, 0.6) is 0 Å². The highest BCUT2D eigenvalue weighted by Crippen LogP contribution is 1.98. The Hall–Kier alpha value is -0.160. The smallest absolute Gasteiger partial charge is 0.0791 e. The summed E-state index contributed by atoms with van der Waals surface area (Å²) in [6, 6.07) is 0. The molecule has 0 aliphatic heterocycles. The minimum absolute atomic E-state index is 0.0616. The Morgan fingerprint density at radius 1 is 1.40 bits per heavy atom. The highest BCUT2D eigenvalue weighted by atomic mass is 16.5. The van der Waals surface area contributed by atoms with E-state index in [9.17, 15) is 5.11 Å². The molecular formula is C11H26N2O2. The molecule has 0 spiro atoms. The third-order valence-corrected chi connectivity index (χ3v) is 2.07. The van der Waals surface area contributed by atoms with Crippen LogP contribution in [0.15, 0.2) is 0 Å². The zero-order valence-corrected chi connectivity index (χ0v) is 10.7. The Morgan fingerprint density at radius 2 is 2.00 bits per heavy atom. The first-order valence-electron chi connectivity index (χ1n) is 5.45. The van der Waals surface area contributed by atoms with Crippen molar-refractivity contribution >= 4 is 0 Å². The molecule has 0 aromatic heterocycles. The molecule has 0 fully saturated rings. The van der Waals surface area contributed by atoms with Gasteiger partial charge in [0.05, 0.1) is 12.7 Å². The molecule has 4 heteroatoms. The Kier molecular flexibility index (Phi) is 7.09. The summed E-state index contributed by atoms with van der Waals surface area (Å²) in [4.78, 5) is 2.07. The summed E-state index contributed by atoms with van der Waals surface area (Å²) in [6.07, 6.45) is -0.328. The average Bonchev–Trinajstić information content (AvgIpc) is 2.10. The van der Waals surface area contributed by atoms with Crippen LogP contribution in [0.25, 0.3) is 0 Å². The van der Waals surface area contributed by atoms with Crippen LogP contribution in [0.3, 0.4) is 0 Å². The quantitative estimate of drug-likeness (QED) is 0.646. The van der Waals surface area contributed by atoms with Crippen LogP contribution in [0.4, 0.5) is 0 Å². The average molecular weight is 218 g/mol. The van der Waals surface area contributed by atoms with E-state index in [0.29, 0.717) is 19.7 Å². The molecule has 4 nitrogen and oxygen atoms in total. The summed E-state index contributed by atoms with van der Waals surface area (Å²) < 4.78 is 4.97. The molecule has 0 aliphatic carbocycles. The molecule has 0 saturated heterocycles. The number of nitrogens with zero attached hydrogens (tertiary/aromatic N) is 1. The van der Waals surface area contributed by atoms with E-state index in [1.54, 1.807) is 7.11 Å². The number of hydrogen-bond donors (Lipinski definition) is 2. The number of ether oxygens (including phenoxy) is 1. The lowest BCUT2D eigenvalue weighted by molar-refractivity contribution is 0.0978. The van der Waals surface area contributed by atoms with Crippen molar-refractivity contribution in [3.8, 4) is 0 Å². The fraction of sp³-hybridized carbons (Fsp3) is 1.00. The second kappa shape index (κ2) is 7.17. The maximum absolute atomic E-state index is 9.74. The fourth-order valence-electron chi connectivity index (χ4n) is 1.19. The molecule has 0 amide bonds. The van der Waals surface area contributed by atoms with Crippen molar-refractivity contribution in [2.75, 3.05) is 40.4 Å². The highest BCUT2D eigenvalue weighted by Gasteiger charge is 2.13. The van der Waals surface area contributed by atoms with Crippen molar-refractivity contribution < 1.29 is 9.84 Å². The van der Waals surface area contributed by atoms with E-state index in [-0.39, 0.29) is 11.6 Å². The van der Waals surface area contributed by atoms with Crippen LogP contribution in [0.2, 0.25) is 0 Å². The Balaban J connectivity index is 3.59. The van der Waals surface area contributed by atoms with E-state index >= 15 is 0 Å². The minimum Gasteiger partial charge on any atom is -0.390 e. The zero-order valence-electron chi connectivity index (χ0n) is 10.7. The first kappa shape index (κ1) is 14.8. The van der Waals surface area contributed by atoms with Gasteiger partial charge in [-0.05, 0) is 27.8 Å². The summed E-state index contributed by atoms with van der Waals surface area (Å²) in [6.45, 7) is 9.13. The van der Waals surface area contributed by atoms with Gasteiger partial charge in [-0.1, -0.05) is 0 Å². The standard InChI is InChI=1S/C11H26N2O2/c1-11(2,3)12-8-10(14)9-13(4)6-7-15-5/h10,12,14H,6-9H2,1-5H3. The van der Waals surface area contributed by atoms with E-state index < -0.39 is 0 Å². The van der Waals surface area contributed by atoms with Crippen molar-refractivity contribution in [3.63, 3.8) is 0 Å². The van der Waals surface area contributed by atoms with Crippen LogP contribution in [0.1, 0.15) is 20.8 Å². The lowest BCUT2D eigenvalue weighted by Gasteiger charge is -2.25. The normalized spacial score (nSPS) is 14.6. The Morgan fingerprint density at radius 3 is 2.47 bits per heavy atom. The van der Waals surface area contributed by atoms with Gasteiger partial charge < -0.3 is 20.1 Å². The molecule has 0 aromatic carbocycles. The molecule has 0 aromatic rings. The van der Waals surface area contributed by atoms with Gasteiger partial charge in [0.25, 0.3) is 0 Å². The first-order chi connectivity index (χ1) is 6.85. The highest BCUT2D eigenvalue weighted by molar-refractivity contribution is 4.74. The largest absolute Gasteiger partial charge is 0.390 e. The van der Waals surface area contributed by atoms with Gasteiger partial charge in [0.2, 0.25) is 0 Å². The van der Waals surface area contributed by atoms with E-state index in [1.807, 2.05) is 7.05 Å². The molecule has 2 N–H and O–H groups in total. The molecule has 0 bridgehead atoms. The number of nitrogens with one attached hydrogen (secondary N) is 1. The van der Waals surface area contributed by atoms with E-state index in [0.717, 1.165) is 6.54 Å². The maximum Gasteiger partial charge on any atom is 0.0791 e. The number of aliphatic hydroxyl groups excluding tert-OH is 1. The third-order valence-electron chi connectivity index (χ3n) is 2.07. The third kappa shape index (κ3) is 10.1. The zero-order chi connectivity index (χ0) is 11.9. The van der Waals surface area contributed by atoms with E-state index in [2.05, 4.69) is 31.0 Å². The summed E-state index contributed by atoms with van der Waals surface area (Å²) in [5, 5.41) is 13.0. The predicted octanol–water partition coefficient (Wildman–Crippen LogP) is 0.314. The molecule has 92 valence electrons. The molecule has 0 radical (unpaired) electrons. The van der Waals surface area contributed by atoms with Crippen molar-refractivity contribution in [2.45, 2.75) is 32.4 Å². The molecular weight excluding hydrogens is 192 g/mol. The fourth-order valence-corrected chi connectivity index (χ4v) is 1.19. The van der Waals surface area contributed by atoms with Crippen LogP contribution in [-0.2, 0) is 4.74 Å². The number of aliphatic hydroxyl groups is 1. The van der Waals surface area contributed by atoms with Gasteiger partial charge in [0, 0.05) is 32.3 Å². The Labute approximate surface area is 93.6 Å². The number of likely N-dealkylation sites (N-methyl/N-ethyl adjacent to an activating group) is 1. The molecule has 0 heterocycles. The molecule has 1 unspecified atom stereocenters. The van der Waals surface area contributed by atoms with Crippen molar-refractivity contribution in [1.29, 1.82) is 0 Å². The first-order valence-corrected chi connectivity index (χ1v) is 5.45. The van der Waals surface area contributed by atoms with Gasteiger partial charge in [-0.25, -0.2) is 0 Å². The topological polar surface area (TPSA) is 44.7 Å². The summed E-state index contributed by atoms with van der Waals surface area (Å²) in [5.74, 6) is 0. The van der Waals surface area contributed by atoms with Gasteiger partial charge in [0.15, 0.2) is 0 Å². The number of hydrogen-bond acceptors (Lipinski definition) is 4. The molecule has 0 rings (SSSR count). The predicted molar refractivity (Wildman–Crippen MR) is 63.1 cm³/mol. The van der Waals surface area contributed by atoms with Crippen LogP contribution in [0, 0.1) is 0 Å². The molecule has 1 atom stereocenters. The molecule has 15 heavy (non-hydrogen) atoms. The second-order valence-corrected chi connectivity index (χ2v) is 5.04. The second-order valence-electron chi connectivity index (χ2n) is 5.04. The van der Waals surface area contributed by atoms with Crippen molar-refractivity contribution in [2.24, 2.45) is 0 Å². The van der Waals surface area contributed by atoms with Crippen molar-refractivity contribution in [1.82, 2.24) is 10.2 Å². The number of β-amino-alcohol motifs (C(OH)–C–C–N with tert-alkyl or cyclic N) is 1. The lowest BCUT2D eigenvalue weighted by atomic mass is 10.1. The van der Waals surface area contributed by atoms with Gasteiger partial charge in [-0.15, -0.1) is 0 Å². The summed E-state index contributed by atoms with van der Waals surface area (Å²) in [7, 11) is 3.67. The van der Waals surface area contributed by atoms with Gasteiger partial charge in [-0.3, -0.25) is 0 Å². The van der Waals surface area contributed by atoms with E-state index in [4.69, 9.17) is 4.74 Å². The lowest BCUT2D eigenvalue weighted by Crippen LogP contribution is -2.44. The SMILES string of the molecule is COCCN(C)CC(O)CNC(C)(C)C. The minimum atomic E-state index is -0.328. The van der Waals surface area contributed by atoms with E-state index in [1.165, 1.54) is 0 Å². The van der Waals surface area contributed by atoms with Gasteiger partial charge in [0.1, 0.15) is 0 Å². The molecule has 0 saturated carbocycles. The molecule has 0 aliphatic rings. The van der Waals surface area contributed by atoms with Crippen LogP contribution in [-0.4, -0.2) is 62.0 Å². The van der Waals surface area contributed by atoms with Crippen LogP contribution < -0.4 is 5.32 Å². The van der Waals surface area contributed by atoms with Crippen LogP contribution >= 0.6 is 0 Å².